The van der Waals surface area contributed by atoms with Gasteiger partial charge < -0.3 is 5.32 Å². The summed E-state index contributed by atoms with van der Waals surface area (Å²) >= 11 is 0. The van der Waals surface area contributed by atoms with E-state index in [2.05, 4.69) is 5.32 Å². The largest absolute Gasteiger partial charge is 0.341 e. The van der Waals surface area contributed by atoms with Crippen LogP contribution in [0.2, 0.25) is 0 Å². The van der Waals surface area contributed by atoms with Crippen LogP contribution in [0.5, 0.6) is 0 Å². The summed E-state index contributed by atoms with van der Waals surface area (Å²) in [5, 5.41) is 3.17. The van der Waals surface area contributed by atoms with Gasteiger partial charge in [0.15, 0.2) is 0 Å². The second kappa shape index (κ2) is 10.5. The molecule has 0 saturated carbocycles. The molecule has 1 heterocycles. The molecule has 1 amide bonds. The maximum Gasteiger partial charge on any atom is 0.252 e. The van der Waals surface area contributed by atoms with Crippen LogP contribution in [0.3, 0.4) is 0 Å². The number of nitrogens with zero attached hydrogens (tertiary/aromatic N) is 1. The molecule has 0 bridgehead atoms. The Hall–Kier alpha value is -2.96. The molecule has 178 valence electrons. The van der Waals surface area contributed by atoms with Crippen LogP contribution in [0.1, 0.15) is 64.3 Å². The average Bonchev–Trinajstić information content (AvgIpc) is 3.14. The Bertz CT molecular complexity index is 1250. The van der Waals surface area contributed by atoms with E-state index >= 15 is 0 Å². The molecule has 0 aliphatic carbocycles. The SMILES string of the molecule is Cc1ccc(S(=O)(=O)N2CCCCCC2)cc1C(=O)NC(c1ccccc1)c1ccccc1C. The van der Waals surface area contributed by atoms with Gasteiger partial charge in [-0.05, 0) is 61.1 Å². The zero-order chi connectivity index (χ0) is 24.1. The van der Waals surface area contributed by atoms with Crippen molar-refractivity contribution in [3.05, 3.63) is 101 Å². The maximum absolute atomic E-state index is 13.5. The van der Waals surface area contributed by atoms with E-state index < -0.39 is 10.0 Å². The number of aryl methyl sites for hydroxylation is 2. The number of hydrogen-bond donors (Lipinski definition) is 1. The molecule has 0 radical (unpaired) electrons. The van der Waals surface area contributed by atoms with E-state index in [1.165, 1.54) is 6.07 Å². The maximum atomic E-state index is 13.5. The summed E-state index contributed by atoms with van der Waals surface area (Å²) in [6, 6.07) is 22.3. The molecular weight excluding hydrogens is 444 g/mol. The topological polar surface area (TPSA) is 66.5 Å². The van der Waals surface area contributed by atoms with E-state index in [0.717, 1.165) is 47.9 Å². The summed E-state index contributed by atoms with van der Waals surface area (Å²) in [7, 11) is -3.64. The van der Waals surface area contributed by atoms with Crippen LogP contribution < -0.4 is 5.32 Å². The summed E-state index contributed by atoms with van der Waals surface area (Å²) in [5.74, 6) is -0.289. The van der Waals surface area contributed by atoms with Crippen molar-refractivity contribution in [1.29, 1.82) is 0 Å². The van der Waals surface area contributed by atoms with Crippen LogP contribution in [0, 0.1) is 13.8 Å². The highest BCUT2D eigenvalue weighted by Crippen LogP contribution is 2.27. The van der Waals surface area contributed by atoms with Gasteiger partial charge in [-0.15, -0.1) is 0 Å². The molecule has 34 heavy (non-hydrogen) atoms. The molecule has 1 aliphatic rings. The number of amides is 1. The van der Waals surface area contributed by atoms with Crippen LogP contribution >= 0.6 is 0 Å². The van der Waals surface area contributed by atoms with Crippen molar-refractivity contribution in [2.24, 2.45) is 0 Å². The Morgan fingerprint density at radius 1 is 0.824 bits per heavy atom. The Morgan fingerprint density at radius 3 is 2.15 bits per heavy atom. The minimum atomic E-state index is -3.64. The van der Waals surface area contributed by atoms with Crippen LogP contribution in [0.15, 0.2) is 77.7 Å². The van der Waals surface area contributed by atoms with Gasteiger partial charge in [-0.3, -0.25) is 4.79 Å². The molecule has 1 unspecified atom stereocenters. The first-order valence-electron chi connectivity index (χ1n) is 11.9. The normalized spacial score (nSPS) is 15.9. The van der Waals surface area contributed by atoms with Crippen LogP contribution in [0.25, 0.3) is 0 Å². The van der Waals surface area contributed by atoms with Gasteiger partial charge in [0, 0.05) is 18.7 Å². The molecule has 1 fully saturated rings. The third kappa shape index (κ3) is 5.24. The standard InChI is InChI=1S/C28H32N2O3S/c1-21-12-8-9-15-25(21)27(23-13-6-5-7-14-23)29-28(31)26-20-24(17-16-22(26)2)34(32,33)30-18-10-3-4-11-19-30/h5-9,12-17,20,27H,3-4,10-11,18-19H2,1-2H3,(H,29,31). The van der Waals surface area contributed by atoms with Crippen molar-refractivity contribution < 1.29 is 13.2 Å². The van der Waals surface area contributed by atoms with Gasteiger partial charge in [-0.25, -0.2) is 8.42 Å². The molecule has 6 heteroatoms. The van der Waals surface area contributed by atoms with Crippen molar-refractivity contribution in [3.63, 3.8) is 0 Å². The molecule has 0 spiro atoms. The lowest BCUT2D eigenvalue weighted by molar-refractivity contribution is 0.0942. The number of sulfonamides is 1. The lowest BCUT2D eigenvalue weighted by atomic mass is 9.94. The predicted molar refractivity (Wildman–Crippen MR) is 135 cm³/mol. The third-order valence-electron chi connectivity index (χ3n) is 6.56. The fraction of sp³-hybridized carbons (Fsp3) is 0.321. The van der Waals surface area contributed by atoms with E-state index in [1.807, 2.05) is 68.4 Å². The van der Waals surface area contributed by atoms with E-state index in [-0.39, 0.29) is 16.8 Å². The minimum Gasteiger partial charge on any atom is -0.341 e. The molecular formula is C28H32N2O3S. The minimum absolute atomic E-state index is 0.178. The molecule has 5 nitrogen and oxygen atoms in total. The number of rotatable bonds is 6. The van der Waals surface area contributed by atoms with E-state index in [0.29, 0.717) is 18.7 Å². The van der Waals surface area contributed by atoms with Crippen molar-refractivity contribution in [2.75, 3.05) is 13.1 Å². The van der Waals surface area contributed by atoms with Crippen LogP contribution in [0.4, 0.5) is 0 Å². The van der Waals surface area contributed by atoms with Crippen molar-refractivity contribution >= 4 is 15.9 Å². The van der Waals surface area contributed by atoms with Gasteiger partial charge in [-0.2, -0.15) is 4.31 Å². The summed E-state index contributed by atoms with van der Waals surface area (Å²) in [5.41, 5.74) is 4.17. The number of carbonyl (C=O) groups is 1. The molecule has 0 aromatic heterocycles. The molecule has 1 N–H and O–H groups in total. The first-order chi connectivity index (χ1) is 16.4. The summed E-state index contributed by atoms with van der Waals surface area (Å²) < 4.78 is 28.2. The number of carbonyl (C=O) groups excluding carboxylic acids is 1. The van der Waals surface area contributed by atoms with Crippen molar-refractivity contribution in [3.8, 4) is 0 Å². The van der Waals surface area contributed by atoms with Gasteiger partial charge in [-0.1, -0.05) is 73.5 Å². The second-order valence-electron chi connectivity index (χ2n) is 8.97. The van der Waals surface area contributed by atoms with Gasteiger partial charge in [0.1, 0.15) is 0 Å². The fourth-order valence-corrected chi connectivity index (χ4v) is 6.09. The highest BCUT2D eigenvalue weighted by Gasteiger charge is 2.27. The number of benzene rings is 3. The van der Waals surface area contributed by atoms with E-state index in [4.69, 9.17) is 0 Å². The Labute approximate surface area is 202 Å². The lowest BCUT2D eigenvalue weighted by Gasteiger charge is -2.23. The fourth-order valence-electron chi connectivity index (χ4n) is 4.54. The van der Waals surface area contributed by atoms with E-state index in [9.17, 15) is 13.2 Å². The molecule has 1 aliphatic heterocycles. The third-order valence-corrected chi connectivity index (χ3v) is 8.46. The summed E-state index contributed by atoms with van der Waals surface area (Å²) in [4.78, 5) is 13.7. The quantitative estimate of drug-likeness (QED) is 0.519. The zero-order valence-electron chi connectivity index (χ0n) is 19.8. The number of hydrogen-bond acceptors (Lipinski definition) is 3. The zero-order valence-corrected chi connectivity index (χ0v) is 20.6. The molecule has 1 atom stereocenters. The van der Waals surface area contributed by atoms with Gasteiger partial charge >= 0.3 is 0 Å². The molecule has 4 rings (SSSR count). The monoisotopic (exact) mass is 476 g/mol. The predicted octanol–water partition coefficient (Wildman–Crippen LogP) is 5.39. The summed E-state index contributed by atoms with van der Waals surface area (Å²) in [6.07, 6.45) is 3.84. The second-order valence-corrected chi connectivity index (χ2v) is 10.9. The highest BCUT2D eigenvalue weighted by atomic mass is 32.2. The Morgan fingerprint density at radius 2 is 1.47 bits per heavy atom. The Kier molecular flexibility index (Phi) is 7.49. The molecule has 3 aromatic carbocycles. The number of nitrogens with one attached hydrogen (secondary N) is 1. The first-order valence-corrected chi connectivity index (χ1v) is 13.3. The highest BCUT2D eigenvalue weighted by molar-refractivity contribution is 7.89. The van der Waals surface area contributed by atoms with E-state index in [1.54, 1.807) is 16.4 Å². The lowest BCUT2D eigenvalue weighted by Crippen LogP contribution is -2.33. The first kappa shape index (κ1) is 24.2. The van der Waals surface area contributed by atoms with Gasteiger partial charge in [0.25, 0.3) is 5.91 Å². The molecule has 3 aromatic rings. The van der Waals surface area contributed by atoms with Crippen molar-refractivity contribution in [2.45, 2.75) is 50.5 Å². The van der Waals surface area contributed by atoms with Gasteiger partial charge in [0.2, 0.25) is 10.0 Å². The summed E-state index contributed by atoms with van der Waals surface area (Å²) in [6.45, 7) is 4.92. The average molecular weight is 477 g/mol. The molecule has 1 saturated heterocycles. The van der Waals surface area contributed by atoms with Crippen molar-refractivity contribution in [1.82, 2.24) is 9.62 Å². The van der Waals surface area contributed by atoms with Crippen LogP contribution in [-0.4, -0.2) is 31.7 Å². The smallest absolute Gasteiger partial charge is 0.252 e. The Balaban J connectivity index is 1.67. The van der Waals surface area contributed by atoms with Crippen LogP contribution in [-0.2, 0) is 10.0 Å². The van der Waals surface area contributed by atoms with Gasteiger partial charge in [0.05, 0.1) is 10.9 Å².